The second kappa shape index (κ2) is 7.51. The molecule has 2 fully saturated rings. The average molecular weight is 407 g/mol. The number of pyridine rings is 1. The molecule has 1 amide bonds. The van der Waals surface area contributed by atoms with E-state index in [0.717, 1.165) is 18.9 Å². The monoisotopic (exact) mass is 407 g/mol. The largest absolute Gasteiger partial charge is 0.356 e. The van der Waals surface area contributed by atoms with Crippen molar-refractivity contribution in [3.63, 3.8) is 0 Å². The SMILES string of the molecule is O=C(CCn1cnc2ccccc2c1=O)N1CC2CN(c3ccc(F)cn3)CC2C1. The summed E-state index contributed by atoms with van der Waals surface area (Å²) < 4.78 is 14.6. The van der Waals surface area contributed by atoms with Gasteiger partial charge in [-0.25, -0.2) is 14.4 Å². The molecule has 3 aromatic rings. The first-order valence-corrected chi connectivity index (χ1v) is 10.2. The van der Waals surface area contributed by atoms with Crippen LogP contribution in [0.1, 0.15) is 6.42 Å². The first kappa shape index (κ1) is 18.7. The van der Waals surface area contributed by atoms with E-state index in [1.165, 1.54) is 23.2 Å². The third-order valence-corrected chi connectivity index (χ3v) is 6.17. The molecule has 0 saturated carbocycles. The Hall–Kier alpha value is -3.29. The number of nitrogens with zero attached hydrogens (tertiary/aromatic N) is 5. The maximum Gasteiger partial charge on any atom is 0.261 e. The second-order valence-corrected chi connectivity index (χ2v) is 8.07. The van der Waals surface area contributed by atoms with Gasteiger partial charge in [0, 0.05) is 51.0 Å². The number of fused-ring (bicyclic) bond motifs is 2. The Balaban J connectivity index is 1.19. The topological polar surface area (TPSA) is 71.3 Å². The molecule has 154 valence electrons. The van der Waals surface area contributed by atoms with Crippen LogP contribution >= 0.6 is 0 Å². The van der Waals surface area contributed by atoms with Crippen LogP contribution in [0.5, 0.6) is 0 Å². The standard InChI is InChI=1S/C22H22FN5O2/c23-17-5-6-20(24-9-17)27-10-15-12-28(13-16(15)11-27)21(29)7-8-26-14-25-19-4-2-1-3-18(19)22(26)30/h1-6,9,14-16H,7-8,10-13H2. The van der Waals surface area contributed by atoms with E-state index in [0.29, 0.717) is 42.4 Å². The van der Waals surface area contributed by atoms with Crippen molar-refractivity contribution in [1.82, 2.24) is 19.4 Å². The van der Waals surface area contributed by atoms with Crippen molar-refractivity contribution in [3.8, 4) is 0 Å². The summed E-state index contributed by atoms with van der Waals surface area (Å²) in [6.07, 6.45) is 3.04. The van der Waals surface area contributed by atoms with Crippen LogP contribution in [-0.4, -0.2) is 51.5 Å². The summed E-state index contributed by atoms with van der Waals surface area (Å²) in [5, 5.41) is 0.567. The molecule has 2 aromatic heterocycles. The van der Waals surface area contributed by atoms with Crippen molar-refractivity contribution in [2.75, 3.05) is 31.1 Å². The van der Waals surface area contributed by atoms with Gasteiger partial charge in [0.2, 0.25) is 5.91 Å². The Bertz CT molecular complexity index is 1130. The summed E-state index contributed by atoms with van der Waals surface area (Å²) in [7, 11) is 0. The van der Waals surface area contributed by atoms with E-state index in [4.69, 9.17) is 0 Å². The lowest BCUT2D eigenvalue weighted by Gasteiger charge is -2.22. The smallest absolute Gasteiger partial charge is 0.261 e. The lowest BCUT2D eigenvalue weighted by Crippen LogP contribution is -2.34. The van der Waals surface area contributed by atoms with Gasteiger partial charge in [0.05, 0.1) is 23.4 Å². The van der Waals surface area contributed by atoms with Crippen LogP contribution in [0.3, 0.4) is 0 Å². The fourth-order valence-corrected chi connectivity index (χ4v) is 4.58. The molecule has 30 heavy (non-hydrogen) atoms. The van der Waals surface area contributed by atoms with Gasteiger partial charge >= 0.3 is 0 Å². The normalized spacial score (nSPS) is 20.7. The summed E-state index contributed by atoms with van der Waals surface area (Å²) in [6.45, 7) is 3.40. The molecule has 0 N–H and O–H groups in total. The quantitative estimate of drug-likeness (QED) is 0.661. The van der Waals surface area contributed by atoms with E-state index in [9.17, 15) is 14.0 Å². The van der Waals surface area contributed by atoms with Crippen LogP contribution in [0.4, 0.5) is 10.2 Å². The van der Waals surface area contributed by atoms with E-state index in [-0.39, 0.29) is 23.7 Å². The Morgan fingerprint density at radius 1 is 1.03 bits per heavy atom. The number of carbonyl (C=O) groups excluding carboxylic acids is 1. The highest BCUT2D eigenvalue weighted by atomic mass is 19.1. The van der Waals surface area contributed by atoms with Crippen molar-refractivity contribution in [2.24, 2.45) is 11.8 Å². The number of amides is 1. The van der Waals surface area contributed by atoms with Crippen LogP contribution < -0.4 is 10.5 Å². The minimum atomic E-state index is -0.337. The molecule has 8 heteroatoms. The molecule has 0 radical (unpaired) electrons. The molecule has 2 saturated heterocycles. The predicted molar refractivity (Wildman–Crippen MR) is 111 cm³/mol. The number of hydrogen-bond donors (Lipinski definition) is 0. The van der Waals surface area contributed by atoms with Gasteiger partial charge in [-0.05, 0) is 24.3 Å². The van der Waals surface area contributed by atoms with E-state index in [2.05, 4.69) is 14.9 Å². The lowest BCUT2D eigenvalue weighted by atomic mass is 10.0. The summed E-state index contributed by atoms with van der Waals surface area (Å²) in [6, 6.07) is 10.4. The maximum atomic E-state index is 13.1. The Kier molecular flexibility index (Phi) is 4.69. The van der Waals surface area contributed by atoms with E-state index >= 15 is 0 Å². The Morgan fingerprint density at radius 3 is 2.53 bits per heavy atom. The zero-order valence-corrected chi connectivity index (χ0v) is 16.4. The third-order valence-electron chi connectivity index (χ3n) is 6.17. The molecule has 1 aromatic carbocycles. The number of anilines is 1. The number of aromatic nitrogens is 3. The first-order chi connectivity index (χ1) is 14.6. The molecule has 5 rings (SSSR count). The zero-order valence-electron chi connectivity index (χ0n) is 16.4. The van der Waals surface area contributed by atoms with Gasteiger partial charge in [-0.3, -0.25) is 14.2 Å². The number of para-hydroxylation sites is 1. The van der Waals surface area contributed by atoms with Crippen LogP contribution in [0.2, 0.25) is 0 Å². The Morgan fingerprint density at radius 2 is 1.80 bits per heavy atom. The van der Waals surface area contributed by atoms with Crippen LogP contribution in [-0.2, 0) is 11.3 Å². The average Bonchev–Trinajstić information content (AvgIpc) is 3.33. The van der Waals surface area contributed by atoms with Gasteiger partial charge in [0.25, 0.3) is 5.56 Å². The number of benzene rings is 1. The fraction of sp³-hybridized carbons (Fsp3) is 0.364. The fourth-order valence-electron chi connectivity index (χ4n) is 4.58. The van der Waals surface area contributed by atoms with Gasteiger partial charge in [0.15, 0.2) is 0 Å². The lowest BCUT2D eigenvalue weighted by molar-refractivity contribution is -0.130. The molecular weight excluding hydrogens is 385 g/mol. The molecule has 2 atom stereocenters. The molecule has 4 heterocycles. The number of aryl methyl sites for hydroxylation is 1. The molecule has 0 spiro atoms. The van der Waals surface area contributed by atoms with Crippen molar-refractivity contribution >= 4 is 22.6 Å². The molecule has 7 nitrogen and oxygen atoms in total. The molecular formula is C22H22FN5O2. The first-order valence-electron chi connectivity index (χ1n) is 10.2. The summed E-state index contributed by atoms with van der Waals surface area (Å²) in [5.41, 5.74) is 0.548. The van der Waals surface area contributed by atoms with Crippen LogP contribution in [0, 0.1) is 17.7 Å². The highest BCUT2D eigenvalue weighted by Gasteiger charge is 2.41. The maximum absolute atomic E-state index is 13.1. The van der Waals surface area contributed by atoms with Gasteiger partial charge in [-0.1, -0.05) is 12.1 Å². The van der Waals surface area contributed by atoms with Crippen LogP contribution in [0.15, 0.2) is 53.7 Å². The summed E-state index contributed by atoms with van der Waals surface area (Å²) in [4.78, 5) is 37.9. The van der Waals surface area contributed by atoms with E-state index in [1.54, 1.807) is 18.2 Å². The van der Waals surface area contributed by atoms with Gasteiger partial charge in [0.1, 0.15) is 11.6 Å². The summed E-state index contributed by atoms with van der Waals surface area (Å²) in [5.74, 6) is 1.30. The number of carbonyl (C=O) groups is 1. The second-order valence-electron chi connectivity index (χ2n) is 8.07. The molecule has 2 aliphatic heterocycles. The van der Waals surface area contributed by atoms with E-state index in [1.807, 2.05) is 17.0 Å². The Labute approximate surface area is 172 Å². The minimum absolute atomic E-state index is 0.0657. The van der Waals surface area contributed by atoms with Crippen molar-refractivity contribution < 1.29 is 9.18 Å². The molecule has 2 aliphatic rings. The van der Waals surface area contributed by atoms with Gasteiger partial charge < -0.3 is 9.80 Å². The van der Waals surface area contributed by atoms with Gasteiger partial charge in [-0.15, -0.1) is 0 Å². The highest BCUT2D eigenvalue weighted by Crippen LogP contribution is 2.33. The summed E-state index contributed by atoms with van der Waals surface area (Å²) >= 11 is 0. The number of likely N-dealkylation sites (tertiary alicyclic amines) is 1. The van der Waals surface area contributed by atoms with Crippen LogP contribution in [0.25, 0.3) is 10.9 Å². The number of halogens is 1. The molecule has 0 aliphatic carbocycles. The van der Waals surface area contributed by atoms with Crippen molar-refractivity contribution in [3.05, 3.63) is 65.1 Å². The third kappa shape index (κ3) is 3.42. The minimum Gasteiger partial charge on any atom is -0.356 e. The predicted octanol–water partition coefficient (Wildman–Crippen LogP) is 1.92. The molecule has 2 unspecified atom stereocenters. The zero-order chi connectivity index (χ0) is 20.7. The van der Waals surface area contributed by atoms with Gasteiger partial charge in [-0.2, -0.15) is 0 Å². The van der Waals surface area contributed by atoms with Crippen molar-refractivity contribution in [2.45, 2.75) is 13.0 Å². The number of hydrogen-bond acceptors (Lipinski definition) is 5. The van der Waals surface area contributed by atoms with E-state index < -0.39 is 0 Å². The highest BCUT2D eigenvalue weighted by molar-refractivity contribution is 5.78. The molecule has 0 bridgehead atoms. The number of rotatable bonds is 4. The van der Waals surface area contributed by atoms with Crippen molar-refractivity contribution in [1.29, 1.82) is 0 Å².